The van der Waals surface area contributed by atoms with Crippen LogP contribution in [0.3, 0.4) is 0 Å². The molecule has 3 aromatic rings. The van der Waals surface area contributed by atoms with Crippen LogP contribution < -0.4 is 5.56 Å². The molecule has 5 heteroatoms. The first-order valence-electron chi connectivity index (χ1n) is 7.47. The molecule has 0 aliphatic heterocycles. The lowest BCUT2D eigenvalue weighted by Gasteiger charge is -2.14. The van der Waals surface area contributed by atoms with Gasteiger partial charge in [-0.15, -0.1) is 0 Å². The molecule has 0 unspecified atom stereocenters. The van der Waals surface area contributed by atoms with Crippen LogP contribution in [0.5, 0.6) is 0 Å². The molecule has 1 aromatic heterocycles. The van der Waals surface area contributed by atoms with E-state index in [2.05, 4.69) is 13.8 Å². The summed E-state index contributed by atoms with van der Waals surface area (Å²) in [5.41, 5.74) is 1.46. The van der Waals surface area contributed by atoms with Crippen LogP contribution >= 0.6 is 23.4 Å². The number of aromatic nitrogens is 2. The van der Waals surface area contributed by atoms with E-state index in [9.17, 15) is 4.79 Å². The van der Waals surface area contributed by atoms with Gasteiger partial charge in [0, 0.05) is 10.8 Å². The summed E-state index contributed by atoms with van der Waals surface area (Å²) in [6, 6.07) is 14.7. The summed E-state index contributed by atoms with van der Waals surface area (Å²) in [6.45, 7) is 4.30. The van der Waals surface area contributed by atoms with Gasteiger partial charge < -0.3 is 0 Å². The van der Waals surface area contributed by atoms with E-state index in [1.165, 1.54) is 0 Å². The monoisotopic (exact) mass is 344 g/mol. The molecule has 0 amide bonds. The lowest BCUT2D eigenvalue weighted by molar-refractivity contribution is 0.742. The molecule has 0 aliphatic carbocycles. The Bertz CT molecular complexity index is 888. The second-order valence-corrected chi connectivity index (χ2v) is 7.16. The molecule has 0 bridgehead atoms. The summed E-state index contributed by atoms with van der Waals surface area (Å²) in [6.07, 6.45) is 0. The lowest BCUT2D eigenvalue weighted by Crippen LogP contribution is -2.22. The molecule has 2 aromatic carbocycles. The Morgan fingerprint density at radius 2 is 1.83 bits per heavy atom. The molecule has 0 aliphatic rings. The van der Waals surface area contributed by atoms with Gasteiger partial charge in [0.05, 0.1) is 16.6 Å². The minimum Gasteiger partial charge on any atom is -0.268 e. The maximum atomic E-state index is 13.0. The minimum atomic E-state index is -0.0517. The van der Waals surface area contributed by atoms with Crippen LogP contribution in [0, 0.1) is 5.92 Å². The van der Waals surface area contributed by atoms with Gasteiger partial charge in [0.25, 0.3) is 5.56 Å². The van der Waals surface area contributed by atoms with E-state index in [-0.39, 0.29) is 5.56 Å². The quantitative estimate of drug-likeness (QED) is 0.504. The van der Waals surface area contributed by atoms with Gasteiger partial charge in [-0.3, -0.25) is 9.36 Å². The van der Waals surface area contributed by atoms with Crippen molar-refractivity contribution in [2.75, 3.05) is 5.75 Å². The van der Waals surface area contributed by atoms with Gasteiger partial charge >= 0.3 is 0 Å². The molecule has 0 fully saturated rings. The van der Waals surface area contributed by atoms with E-state index in [1.807, 2.05) is 36.4 Å². The molecule has 3 nitrogen and oxygen atoms in total. The number of nitrogens with zero attached hydrogens (tertiary/aromatic N) is 2. The van der Waals surface area contributed by atoms with Crippen LogP contribution in [0.15, 0.2) is 58.5 Å². The van der Waals surface area contributed by atoms with Crippen LogP contribution in [0.25, 0.3) is 16.6 Å². The van der Waals surface area contributed by atoms with Crippen molar-refractivity contribution >= 4 is 34.3 Å². The van der Waals surface area contributed by atoms with Gasteiger partial charge in [0.15, 0.2) is 5.16 Å². The summed E-state index contributed by atoms with van der Waals surface area (Å²) >= 11 is 7.57. The SMILES string of the molecule is CC(C)CSc1nc2ccccc2c(=O)n1-c1ccc(Cl)cc1. The number of rotatable bonds is 4. The number of fused-ring (bicyclic) bond motifs is 1. The molecule has 0 atom stereocenters. The van der Waals surface area contributed by atoms with E-state index in [0.29, 0.717) is 21.5 Å². The Balaban J connectivity index is 2.23. The van der Waals surface area contributed by atoms with E-state index in [0.717, 1.165) is 17.0 Å². The van der Waals surface area contributed by atoms with Gasteiger partial charge in [-0.1, -0.05) is 49.3 Å². The molecule has 0 N–H and O–H groups in total. The van der Waals surface area contributed by atoms with Gasteiger partial charge in [0.1, 0.15) is 0 Å². The van der Waals surface area contributed by atoms with Crippen molar-refractivity contribution in [1.82, 2.24) is 9.55 Å². The highest BCUT2D eigenvalue weighted by Gasteiger charge is 2.13. The van der Waals surface area contributed by atoms with Crippen molar-refractivity contribution in [2.45, 2.75) is 19.0 Å². The van der Waals surface area contributed by atoms with Crippen LogP contribution in [-0.4, -0.2) is 15.3 Å². The van der Waals surface area contributed by atoms with Crippen molar-refractivity contribution in [2.24, 2.45) is 5.92 Å². The highest BCUT2D eigenvalue weighted by molar-refractivity contribution is 7.99. The Morgan fingerprint density at radius 1 is 1.13 bits per heavy atom. The smallest absolute Gasteiger partial charge is 0.266 e. The van der Waals surface area contributed by atoms with Crippen molar-refractivity contribution < 1.29 is 0 Å². The first-order valence-corrected chi connectivity index (χ1v) is 8.83. The zero-order valence-electron chi connectivity index (χ0n) is 13.0. The zero-order valence-corrected chi connectivity index (χ0v) is 14.6. The topological polar surface area (TPSA) is 34.9 Å². The molecule has 23 heavy (non-hydrogen) atoms. The summed E-state index contributed by atoms with van der Waals surface area (Å²) in [5, 5.41) is 1.98. The molecule has 0 saturated heterocycles. The van der Waals surface area contributed by atoms with Gasteiger partial charge in [0.2, 0.25) is 0 Å². The molecule has 1 heterocycles. The van der Waals surface area contributed by atoms with Crippen molar-refractivity contribution in [3.05, 3.63) is 63.9 Å². The van der Waals surface area contributed by atoms with Crippen LogP contribution in [0.4, 0.5) is 0 Å². The summed E-state index contributed by atoms with van der Waals surface area (Å²) in [4.78, 5) is 17.7. The Kier molecular flexibility index (Phi) is 4.74. The fourth-order valence-electron chi connectivity index (χ4n) is 2.27. The highest BCUT2D eigenvalue weighted by atomic mass is 35.5. The Morgan fingerprint density at radius 3 is 2.52 bits per heavy atom. The first-order chi connectivity index (χ1) is 11.1. The number of para-hydroxylation sites is 1. The van der Waals surface area contributed by atoms with E-state index in [4.69, 9.17) is 16.6 Å². The molecule has 3 rings (SSSR count). The maximum Gasteiger partial charge on any atom is 0.266 e. The number of thioether (sulfide) groups is 1. The standard InChI is InChI=1S/C18H17ClN2OS/c1-12(2)11-23-18-20-16-6-4-3-5-15(16)17(22)21(18)14-9-7-13(19)8-10-14/h3-10,12H,11H2,1-2H3. The third kappa shape index (κ3) is 3.43. The second-order valence-electron chi connectivity index (χ2n) is 5.73. The van der Waals surface area contributed by atoms with Crippen molar-refractivity contribution in [3.8, 4) is 5.69 Å². The third-order valence-corrected chi connectivity index (χ3v) is 4.99. The van der Waals surface area contributed by atoms with Crippen LogP contribution in [-0.2, 0) is 0 Å². The molecule has 118 valence electrons. The number of hydrogen-bond acceptors (Lipinski definition) is 3. The molecular weight excluding hydrogens is 328 g/mol. The molecule has 0 radical (unpaired) electrons. The summed E-state index contributed by atoms with van der Waals surface area (Å²) in [7, 11) is 0. The Hall–Kier alpha value is -1.78. The van der Waals surface area contributed by atoms with E-state index < -0.39 is 0 Å². The van der Waals surface area contributed by atoms with Gasteiger partial charge in [-0.2, -0.15) is 0 Å². The number of hydrogen-bond donors (Lipinski definition) is 0. The normalized spacial score (nSPS) is 11.3. The highest BCUT2D eigenvalue weighted by Crippen LogP contribution is 2.23. The predicted octanol–water partition coefficient (Wildman–Crippen LogP) is 4.79. The van der Waals surface area contributed by atoms with E-state index >= 15 is 0 Å². The number of halogens is 1. The fraction of sp³-hybridized carbons (Fsp3) is 0.222. The largest absolute Gasteiger partial charge is 0.268 e. The Labute approximate surface area is 144 Å². The fourth-order valence-corrected chi connectivity index (χ4v) is 3.36. The third-order valence-electron chi connectivity index (χ3n) is 3.38. The van der Waals surface area contributed by atoms with Gasteiger partial charge in [-0.05, 0) is 42.3 Å². The molecule has 0 spiro atoms. The average Bonchev–Trinajstić information content (AvgIpc) is 2.54. The second kappa shape index (κ2) is 6.77. The minimum absolute atomic E-state index is 0.0517. The van der Waals surface area contributed by atoms with Crippen molar-refractivity contribution in [3.63, 3.8) is 0 Å². The number of benzene rings is 2. The summed E-state index contributed by atoms with van der Waals surface area (Å²) in [5.74, 6) is 1.42. The maximum absolute atomic E-state index is 13.0. The van der Waals surface area contributed by atoms with Gasteiger partial charge in [-0.25, -0.2) is 4.98 Å². The zero-order chi connectivity index (χ0) is 16.4. The van der Waals surface area contributed by atoms with Crippen LogP contribution in [0.2, 0.25) is 5.02 Å². The van der Waals surface area contributed by atoms with E-state index in [1.54, 1.807) is 28.5 Å². The summed E-state index contributed by atoms with van der Waals surface area (Å²) < 4.78 is 1.67. The predicted molar refractivity (Wildman–Crippen MR) is 97.9 cm³/mol. The lowest BCUT2D eigenvalue weighted by atomic mass is 10.2. The molecular formula is C18H17ClN2OS. The first kappa shape index (κ1) is 16.1. The van der Waals surface area contributed by atoms with Crippen LogP contribution in [0.1, 0.15) is 13.8 Å². The average molecular weight is 345 g/mol. The molecule has 0 saturated carbocycles. The van der Waals surface area contributed by atoms with Crippen molar-refractivity contribution in [1.29, 1.82) is 0 Å².